The average molecular weight is 429 g/mol. The molecule has 1 fully saturated rings. The number of ether oxygens (including phenoxy) is 1. The van der Waals surface area contributed by atoms with E-state index in [1.54, 1.807) is 12.1 Å². The van der Waals surface area contributed by atoms with Crippen molar-refractivity contribution in [1.82, 2.24) is 4.31 Å². The molecule has 0 bridgehead atoms. The van der Waals surface area contributed by atoms with Gasteiger partial charge in [-0.15, -0.1) is 0 Å². The van der Waals surface area contributed by atoms with Gasteiger partial charge in [-0.1, -0.05) is 12.5 Å². The molecule has 2 aliphatic rings. The van der Waals surface area contributed by atoms with Crippen LogP contribution in [0.4, 0.5) is 5.69 Å². The third kappa shape index (κ3) is 4.23. The number of carbonyl (C=O) groups excluding carboxylic acids is 1. The number of aryl methyl sites for hydroxylation is 2. The van der Waals surface area contributed by atoms with Gasteiger partial charge in [0.15, 0.2) is 0 Å². The minimum absolute atomic E-state index is 0.178. The van der Waals surface area contributed by atoms with Crippen LogP contribution in [0.5, 0.6) is 5.75 Å². The molecular formula is C23H28N2O4S. The summed E-state index contributed by atoms with van der Waals surface area (Å²) >= 11 is 0. The number of hydrogen-bond acceptors (Lipinski definition) is 4. The van der Waals surface area contributed by atoms with Gasteiger partial charge in [0, 0.05) is 18.7 Å². The van der Waals surface area contributed by atoms with Gasteiger partial charge in [0.25, 0.3) is 5.91 Å². The van der Waals surface area contributed by atoms with E-state index in [9.17, 15) is 13.2 Å². The molecular weight excluding hydrogens is 400 g/mol. The lowest BCUT2D eigenvalue weighted by Crippen LogP contribution is -2.35. The van der Waals surface area contributed by atoms with Crippen molar-refractivity contribution in [3.8, 4) is 5.75 Å². The Morgan fingerprint density at radius 2 is 1.77 bits per heavy atom. The SMILES string of the molecule is CCOc1ccc(S(=O)(=O)N2CCCCC2)cc1NC(=O)c1ccc2c(c1)CCC2. The van der Waals surface area contributed by atoms with Gasteiger partial charge < -0.3 is 10.1 Å². The van der Waals surface area contributed by atoms with E-state index in [2.05, 4.69) is 5.32 Å². The lowest BCUT2D eigenvalue weighted by Gasteiger charge is -2.26. The largest absolute Gasteiger partial charge is 0.492 e. The molecule has 2 aromatic carbocycles. The zero-order chi connectivity index (χ0) is 21.1. The topological polar surface area (TPSA) is 75.7 Å². The van der Waals surface area contributed by atoms with E-state index in [0.29, 0.717) is 36.7 Å². The van der Waals surface area contributed by atoms with Crippen molar-refractivity contribution in [3.63, 3.8) is 0 Å². The van der Waals surface area contributed by atoms with Crippen LogP contribution in [0.3, 0.4) is 0 Å². The number of hydrogen-bond donors (Lipinski definition) is 1. The van der Waals surface area contributed by atoms with Crippen LogP contribution in [-0.4, -0.2) is 38.3 Å². The predicted molar refractivity (Wildman–Crippen MR) is 117 cm³/mol. The van der Waals surface area contributed by atoms with Crippen LogP contribution in [-0.2, 0) is 22.9 Å². The summed E-state index contributed by atoms with van der Waals surface area (Å²) in [5, 5.41) is 2.87. The Morgan fingerprint density at radius 1 is 1.00 bits per heavy atom. The average Bonchev–Trinajstić information content (AvgIpc) is 3.23. The smallest absolute Gasteiger partial charge is 0.255 e. The number of carbonyl (C=O) groups is 1. The first-order chi connectivity index (χ1) is 14.5. The van der Waals surface area contributed by atoms with Crippen molar-refractivity contribution in [3.05, 3.63) is 53.1 Å². The maximum absolute atomic E-state index is 13.1. The molecule has 0 unspecified atom stereocenters. The molecule has 0 atom stereocenters. The summed E-state index contributed by atoms with van der Waals surface area (Å²) in [6.07, 6.45) is 5.96. The molecule has 0 radical (unpaired) electrons. The summed E-state index contributed by atoms with van der Waals surface area (Å²) in [6.45, 7) is 3.34. The van der Waals surface area contributed by atoms with Crippen LogP contribution in [0.25, 0.3) is 0 Å². The number of fused-ring (bicyclic) bond motifs is 1. The molecule has 0 saturated carbocycles. The van der Waals surface area contributed by atoms with Crippen molar-refractivity contribution in [2.75, 3.05) is 25.0 Å². The Morgan fingerprint density at radius 3 is 2.53 bits per heavy atom. The van der Waals surface area contributed by atoms with Gasteiger partial charge in [0.2, 0.25) is 10.0 Å². The molecule has 1 aliphatic carbocycles. The van der Waals surface area contributed by atoms with Gasteiger partial charge in [-0.25, -0.2) is 8.42 Å². The van der Waals surface area contributed by atoms with E-state index < -0.39 is 10.0 Å². The third-order valence-corrected chi connectivity index (χ3v) is 7.71. The Balaban J connectivity index is 1.62. The van der Waals surface area contributed by atoms with Gasteiger partial charge >= 0.3 is 0 Å². The summed E-state index contributed by atoms with van der Waals surface area (Å²) in [4.78, 5) is 13.1. The number of nitrogens with one attached hydrogen (secondary N) is 1. The molecule has 6 nitrogen and oxygen atoms in total. The summed E-state index contributed by atoms with van der Waals surface area (Å²) in [7, 11) is -3.60. The number of piperidine rings is 1. The first-order valence-corrected chi connectivity index (χ1v) is 12.1. The standard InChI is InChI=1S/C23H28N2O4S/c1-2-29-22-12-11-20(30(27,28)25-13-4-3-5-14-25)16-21(22)24-23(26)19-10-9-17-7-6-8-18(17)15-19/h9-12,15-16H,2-8,13-14H2,1H3,(H,24,26). The van der Waals surface area contributed by atoms with Crippen LogP contribution >= 0.6 is 0 Å². The molecule has 4 rings (SSSR count). The van der Waals surface area contributed by atoms with Crippen molar-refractivity contribution >= 4 is 21.6 Å². The fourth-order valence-electron chi connectivity index (χ4n) is 4.21. The van der Waals surface area contributed by atoms with Crippen LogP contribution in [0, 0.1) is 0 Å². The summed E-state index contributed by atoms with van der Waals surface area (Å²) in [5.41, 5.74) is 3.47. The highest BCUT2D eigenvalue weighted by Gasteiger charge is 2.27. The van der Waals surface area contributed by atoms with Crippen molar-refractivity contribution < 1.29 is 17.9 Å². The Labute approximate surface area is 178 Å². The van der Waals surface area contributed by atoms with Gasteiger partial charge in [-0.05, 0) is 80.5 Å². The number of benzene rings is 2. The maximum atomic E-state index is 13.1. The molecule has 7 heteroatoms. The number of amides is 1. The van der Waals surface area contributed by atoms with Crippen LogP contribution < -0.4 is 10.1 Å². The van der Waals surface area contributed by atoms with Crippen LogP contribution in [0.15, 0.2) is 41.3 Å². The lowest BCUT2D eigenvalue weighted by atomic mass is 10.1. The summed E-state index contributed by atoms with van der Waals surface area (Å²) in [6, 6.07) is 10.5. The third-order valence-electron chi connectivity index (χ3n) is 5.81. The van der Waals surface area contributed by atoms with Gasteiger partial charge in [0.05, 0.1) is 17.2 Å². The van der Waals surface area contributed by atoms with Gasteiger partial charge in [-0.3, -0.25) is 4.79 Å². The van der Waals surface area contributed by atoms with Crippen LogP contribution in [0.2, 0.25) is 0 Å². The second kappa shape index (κ2) is 8.78. The molecule has 0 aromatic heterocycles. The summed E-state index contributed by atoms with van der Waals surface area (Å²) < 4.78 is 33.3. The van der Waals surface area contributed by atoms with Crippen LogP contribution in [0.1, 0.15) is 54.1 Å². The Bertz CT molecular complexity index is 1040. The van der Waals surface area contributed by atoms with E-state index in [4.69, 9.17) is 4.74 Å². The minimum Gasteiger partial charge on any atom is -0.492 e. The predicted octanol–water partition coefficient (Wildman–Crippen LogP) is 4.00. The highest BCUT2D eigenvalue weighted by molar-refractivity contribution is 7.89. The zero-order valence-electron chi connectivity index (χ0n) is 17.3. The minimum atomic E-state index is -3.60. The van der Waals surface area contributed by atoms with Crippen molar-refractivity contribution in [1.29, 1.82) is 0 Å². The van der Waals surface area contributed by atoms with E-state index in [1.165, 1.54) is 21.5 Å². The summed E-state index contributed by atoms with van der Waals surface area (Å²) in [5.74, 6) is 0.197. The van der Waals surface area contributed by atoms with Gasteiger partial charge in [-0.2, -0.15) is 4.31 Å². The monoisotopic (exact) mass is 428 g/mol. The molecule has 1 saturated heterocycles. The molecule has 2 aromatic rings. The lowest BCUT2D eigenvalue weighted by molar-refractivity contribution is 0.102. The van der Waals surface area contributed by atoms with E-state index in [1.807, 2.05) is 25.1 Å². The number of anilines is 1. The number of rotatable bonds is 6. The Kier molecular flexibility index (Phi) is 6.11. The first kappa shape index (κ1) is 20.9. The van der Waals surface area contributed by atoms with Gasteiger partial charge in [0.1, 0.15) is 5.75 Å². The quantitative estimate of drug-likeness (QED) is 0.755. The normalized spacial score (nSPS) is 16.8. The van der Waals surface area contributed by atoms with Crippen molar-refractivity contribution in [2.24, 2.45) is 0 Å². The molecule has 1 aliphatic heterocycles. The fraction of sp³-hybridized carbons (Fsp3) is 0.435. The first-order valence-electron chi connectivity index (χ1n) is 10.7. The highest BCUT2D eigenvalue weighted by Crippen LogP contribution is 2.31. The highest BCUT2D eigenvalue weighted by atomic mass is 32.2. The van der Waals surface area contributed by atoms with E-state index in [-0.39, 0.29) is 10.8 Å². The zero-order valence-corrected chi connectivity index (χ0v) is 18.1. The molecule has 1 N–H and O–H groups in total. The second-order valence-corrected chi connectivity index (χ2v) is 9.78. The second-order valence-electron chi connectivity index (χ2n) is 7.85. The number of sulfonamides is 1. The fourth-order valence-corrected chi connectivity index (χ4v) is 5.75. The van der Waals surface area contributed by atoms with E-state index >= 15 is 0 Å². The van der Waals surface area contributed by atoms with Crippen molar-refractivity contribution in [2.45, 2.75) is 50.3 Å². The Hall–Kier alpha value is -2.38. The number of nitrogens with zero attached hydrogens (tertiary/aromatic N) is 1. The van der Waals surface area contributed by atoms with E-state index in [0.717, 1.165) is 38.5 Å². The maximum Gasteiger partial charge on any atom is 0.255 e. The molecule has 1 heterocycles. The molecule has 160 valence electrons. The molecule has 0 spiro atoms. The molecule has 1 amide bonds. The molecule has 30 heavy (non-hydrogen) atoms.